The number of aliphatic hydroxyl groups excluding tert-OH is 1. The van der Waals surface area contributed by atoms with Crippen molar-refractivity contribution in [2.75, 3.05) is 6.61 Å². The van der Waals surface area contributed by atoms with E-state index in [1.165, 1.54) is 6.92 Å². The Morgan fingerprint density at radius 1 is 1.25 bits per heavy atom. The molecule has 2 aliphatic rings. The van der Waals surface area contributed by atoms with E-state index in [-0.39, 0.29) is 18.3 Å². The fourth-order valence-electron chi connectivity index (χ4n) is 4.42. The van der Waals surface area contributed by atoms with Gasteiger partial charge in [0.25, 0.3) is 5.56 Å². The van der Waals surface area contributed by atoms with Crippen LogP contribution in [0.25, 0.3) is 10.8 Å². The first-order chi connectivity index (χ1) is 19.1. The van der Waals surface area contributed by atoms with Gasteiger partial charge < -0.3 is 19.1 Å². The van der Waals surface area contributed by atoms with Crippen molar-refractivity contribution in [3.05, 3.63) is 75.3 Å². The van der Waals surface area contributed by atoms with Crippen LogP contribution in [0.1, 0.15) is 38.8 Å². The molecule has 5 rings (SSSR count). The third-order valence-electron chi connectivity index (χ3n) is 6.86. The highest BCUT2D eigenvalue weighted by molar-refractivity contribution is 7.52. The maximum absolute atomic E-state index is 14.0. The number of hydrogen-bond acceptors (Lipinski definition) is 9. The first-order valence-electron chi connectivity index (χ1n) is 12.9. The number of nitrogens with one attached hydrogen (secondary N) is 2. The molecule has 1 aliphatic heterocycles. The van der Waals surface area contributed by atoms with Gasteiger partial charge in [0.15, 0.2) is 0 Å². The highest BCUT2D eigenvalue weighted by atomic mass is 31.2. The van der Waals surface area contributed by atoms with Gasteiger partial charge >= 0.3 is 19.4 Å². The molecule has 5 atom stereocenters. The van der Waals surface area contributed by atoms with E-state index in [2.05, 4.69) is 5.09 Å². The molecule has 12 nitrogen and oxygen atoms in total. The minimum absolute atomic E-state index is 0.133. The molecule has 14 heteroatoms. The summed E-state index contributed by atoms with van der Waals surface area (Å²) in [6.45, 7) is 0.995. The number of aromatic nitrogens is 2. The molecule has 40 heavy (non-hydrogen) atoms. The number of carbonyl (C=O) groups excluding carboxylic acids is 1. The van der Waals surface area contributed by atoms with Gasteiger partial charge in [0.1, 0.15) is 30.2 Å². The standard InChI is InChI=1S/C26H29FN3O9P/c1-15(25(33)37-17-8-5-9-17)29-40(35,39-21-11-4-7-16-6-2-3-10-18(16)21)36-14-22-20(31)12-23(38-22)30-13-19(27)24(32)28-26(30)34/h2-4,6-7,10-11,13,15,17,20,22-23,31H,5,8-9,12,14H2,1H3,(H,29,35)(H,28,32,34)/t15-,20+,22+,23+,40?/m0/s1. The van der Waals surface area contributed by atoms with E-state index in [4.69, 9.17) is 18.5 Å². The van der Waals surface area contributed by atoms with Crippen LogP contribution in [0.15, 0.2) is 58.3 Å². The van der Waals surface area contributed by atoms with E-state index >= 15 is 0 Å². The number of halogens is 1. The van der Waals surface area contributed by atoms with Gasteiger partial charge in [-0.05, 0) is 37.6 Å². The summed E-state index contributed by atoms with van der Waals surface area (Å²) in [5.74, 6) is -1.58. The van der Waals surface area contributed by atoms with Crippen molar-refractivity contribution < 1.29 is 37.4 Å². The Bertz CT molecular complexity index is 1550. The molecule has 1 unspecified atom stereocenters. The molecule has 214 valence electrons. The fraction of sp³-hybridized carbons (Fsp3) is 0.423. The van der Waals surface area contributed by atoms with Gasteiger partial charge in [-0.1, -0.05) is 36.4 Å². The first-order valence-corrected chi connectivity index (χ1v) is 14.4. The summed E-state index contributed by atoms with van der Waals surface area (Å²) in [6.07, 6.45) is -0.554. The lowest BCUT2D eigenvalue weighted by Gasteiger charge is -2.28. The van der Waals surface area contributed by atoms with Crippen LogP contribution in [0.2, 0.25) is 0 Å². The zero-order chi connectivity index (χ0) is 28.4. The zero-order valence-corrected chi connectivity index (χ0v) is 22.4. The van der Waals surface area contributed by atoms with E-state index in [1.54, 1.807) is 24.3 Å². The largest absolute Gasteiger partial charge is 0.461 e. The number of esters is 1. The maximum Gasteiger partial charge on any atom is 0.459 e. The number of aliphatic hydroxyl groups is 1. The molecule has 2 aromatic carbocycles. The third-order valence-corrected chi connectivity index (χ3v) is 8.49. The van der Waals surface area contributed by atoms with E-state index in [0.717, 1.165) is 29.2 Å². The molecule has 1 aromatic heterocycles. The predicted octanol–water partition coefficient (Wildman–Crippen LogP) is 2.75. The average Bonchev–Trinajstić information content (AvgIpc) is 3.27. The minimum atomic E-state index is -4.30. The Hall–Kier alpha value is -3.35. The second-order valence-corrected chi connectivity index (χ2v) is 11.5. The second kappa shape index (κ2) is 11.6. The molecule has 0 spiro atoms. The number of ether oxygens (including phenoxy) is 2. The number of H-pyrrole nitrogens is 1. The van der Waals surface area contributed by atoms with Crippen LogP contribution < -0.4 is 20.9 Å². The second-order valence-electron chi connectivity index (χ2n) is 9.78. The van der Waals surface area contributed by atoms with E-state index < -0.39 is 61.9 Å². The Balaban J connectivity index is 1.34. The van der Waals surface area contributed by atoms with Crippen LogP contribution in [0, 0.1) is 5.82 Å². The predicted molar refractivity (Wildman–Crippen MR) is 140 cm³/mol. The molecule has 0 bridgehead atoms. The summed E-state index contributed by atoms with van der Waals surface area (Å²) < 4.78 is 51.2. The van der Waals surface area contributed by atoms with Crippen molar-refractivity contribution >= 4 is 24.5 Å². The van der Waals surface area contributed by atoms with Crippen molar-refractivity contribution in [1.82, 2.24) is 14.6 Å². The van der Waals surface area contributed by atoms with Crippen molar-refractivity contribution in [3.8, 4) is 5.75 Å². The van der Waals surface area contributed by atoms with Crippen LogP contribution >= 0.6 is 7.75 Å². The molecule has 1 saturated carbocycles. The van der Waals surface area contributed by atoms with Gasteiger partial charge in [0.05, 0.1) is 18.9 Å². The third kappa shape index (κ3) is 6.18. The highest BCUT2D eigenvalue weighted by Gasteiger charge is 2.40. The number of nitrogens with zero attached hydrogens (tertiary/aromatic N) is 1. The van der Waals surface area contributed by atoms with Gasteiger partial charge in [0.2, 0.25) is 5.82 Å². The normalized spacial score (nSPS) is 23.3. The molecule has 3 N–H and O–H groups in total. The first kappa shape index (κ1) is 28.2. The molecule has 0 amide bonds. The zero-order valence-electron chi connectivity index (χ0n) is 21.5. The van der Waals surface area contributed by atoms with E-state index in [9.17, 15) is 28.4 Å². The Labute approximate surface area is 227 Å². The lowest BCUT2D eigenvalue weighted by molar-refractivity contribution is -0.154. The van der Waals surface area contributed by atoms with Gasteiger partial charge in [0, 0.05) is 11.8 Å². The van der Waals surface area contributed by atoms with Crippen LogP contribution in [-0.4, -0.2) is 51.6 Å². The Morgan fingerprint density at radius 3 is 2.75 bits per heavy atom. The summed E-state index contributed by atoms with van der Waals surface area (Å²) in [5, 5.41) is 14.6. The summed E-state index contributed by atoms with van der Waals surface area (Å²) in [5.41, 5.74) is -2.10. The van der Waals surface area contributed by atoms with Crippen LogP contribution in [-0.2, 0) is 23.4 Å². The van der Waals surface area contributed by atoms with Gasteiger partial charge in [-0.3, -0.25) is 23.7 Å². The van der Waals surface area contributed by atoms with Crippen molar-refractivity contribution in [2.45, 2.75) is 63.2 Å². The van der Waals surface area contributed by atoms with E-state index in [0.29, 0.717) is 11.6 Å². The molecule has 3 aromatic rings. The Kier molecular flexibility index (Phi) is 8.20. The molecule has 0 radical (unpaired) electrons. The van der Waals surface area contributed by atoms with Crippen molar-refractivity contribution in [2.24, 2.45) is 0 Å². The van der Waals surface area contributed by atoms with Gasteiger partial charge in [-0.25, -0.2) is 9.36 Å². The quantitative estimate of drug-likeness (QED) is 0.242. The van der Waals surface area contributed by atoms with Crippen LogP contribution in [0.4, 0.5) is 4.39 Å². The number of hydrogen-bond donors (Lipinski definition) is 3. The smallest absolute Gasteiger partial charge is 0.459 e. The lowest BCUT2D eigenvalue weighted by atomic mass is 9.96. The van der Waals surface area contributed by atoms with E-state index in [1.807, 2.05) is 23.2 Å². The van der Waals surface area contributed by atoms with Crippen LogP contribution in [0.3, 0.4) is 0 Å². The number of fused-ring (bicyclic) bond motifs is 1. The molecular weight excluding hydrogens is 548 g/mol. The highest BCUT2D eigenvalue weighted by Crippen LogP contribution is 2.47. The van der Waals surface area contributed by atoms with Gasteiger partial charge in [-0.2, -0.15) is 9.48 Å². The maximum atomic E-state index is 14.0. The average molecular weight is 578 g/mol. The van der Waals surface area contributed by atoms with Crippen molar-refractivity contribution in [1.29, 1.82) is 0 Å². The summed E-state index contributed by atoms with van der Waals surface area (Å²) >= 11 is 0. The summed E-state index contributed by atoms with van der Waals surface area (Å²) in [4.78, 5) is 37.9. The van der Waals surface area contributed by atoms with Gasteiger partial charge in [-0.15, -0.1) is 0 Å². The Morgan fingerprint density at radius 2 is 2.00 bits per heavy atom. The molecule has 2 heterocycles. The van der Waals surface area contributed by atoms with Crippen LogP contribution in [0.5, 0.6) is 5.75 Å². The number of rotatable bonds is 10. The number of benzene rings is 2. The molecular formula is C26H29FN3O9P. The summed E-state index contributed by atoms with van der Waals surface area (Å²) in [7, 11) is -4.30. The number of carbonyl (C=O) groups is 1. The lowest BCUT2D eigenvalue weighted by Crippen LogP contribution is -2.39. The SMILES string of the molecule is C[C@H](NP(=O)(OC[C@H]1O[C@@H](n2cc(F)c(=O)[nH]c2=O)C[C@H]1O)Oc1cccc2ccccc12)C(=O)OC1CCC1. The topological polar surface area (TPSA) is 158 Å². The molecule has 1 saturated heterocycles. The fourth-order valence-corrected chi connectivity index (χ4v) is 5.94. The molecule has 2 fully saturated rings. The molecule has 1 aliphatic carbocycles. The number of aromatic amines is 1. The monoisotopic (exact) mass is 577 g/mol. The minimum Gasteiger partial charge on any atom is -0.461 e. The van der Waals surface area contributed by atoms with Crippen molar-refractivity contribution in [3.63, 3.8) is 0 Å². The summed E-state index contributed by atoms with van der Waals surface area (Å²) in [6, 6.07) is 11.4.